The number of nitrogens with one attached hydrogen (secondary N) is 2. The standard InChI is InChI=1S/C19H19N3O3S/c1-3-19(14-7-5-4-6-8-14)17(24)22(18(25)20-19)21-16(23)12-11-15-10-9-13(2)26-15/h4-12H,3H2,1-2H3,(H,20,25)(H,21,23)/b12-11+/t19-/m1/s1. The number of urea groups is 1. The first-order valence-electron chi connectivity index (χ1n) is 8.23. The van der Waals surface area contributed by atoms with Crippen LogP contribution >= 0.6 is 11.3 Å². The highest BCUT2D eigenvalue weighted by Crippen LogP contribution is 2.31. The van der Waals surface area contributed by atoms with Gasteiger partial charge in [0.2, 0.25) is 0 Å². The molecule has 0 aliphatic carbocycles. The zero-order chi connectivity index (χ0) is 18.7. The lowest BCUT2D eigenvalue weighted by molar-refractivity contribution is -0.138. The SMILES string of the molecule is CC[C@]1(c2ccccc2)NC(=O)N(NC(=O)/C=C/c2ccc(C)s2)C1=O. The van der Waals surface area contributed by atoms with Crippen LogP contribution in [0.2, 0.25) is 0 Å². The van der Waals surface area contributed by atoms with Crippen molar-refractivity contribution in [3.05, 3.63) is 63.9 Å². The topological polar surface area (TPSA) is 78.5 Å². The average molecular weight is 369 g/mol. The maximum Gasteiger partial charge on any atom is 0.344 e. The molecule has 0 spiro atoms. The van der Waals surface area contributed by atoms with Crippen molar-refractivity contribution in [2.24, 2.45) is 0 Å². The van der Waals surface area contributed by atoms with Gasteiger partial charge in [0.1, 0.15) is 5.54 Å². The molecule has 0 saturated carbocycles. The normalized spacial score (nSPS) is 19.8. The molecule has 2 heterocycles. The van der Waals surface area contributed by atoms with Crippen molar-refractivity contribution in [1.29, 1.82) is 0 Å². The summed E-state index contributed by atoms with van der Waals surface area (Å²) in [5, 5.41) is 3.47. The fraction of sp³-hybridized carbons (Fsp3) is 0.211. The number of thiophene rings is 1. The van der Waals surface area contributed by atoms with E-state index in [-0.39, 0.29) is 0 Å². The molecule has 1 fully saturated rings. The van der Waals surface area contributed by atoms with E-state index in [2.05, 4.69) is 10.7 Å². The molecule has 0 unspecified atom stereocenters. The molecule has 0 radical (unpaired) electrons. The van der Waals surface area contributed by atoms with Gasteiger partial charge in [-0.25, -0.2) is 4.79 Å². The molecule has 2 N–H and O–H groups in total. The van der Waals surface area contributed by atoms with Gasteiger partial charge in [-0.05, 0) is 37.1 Å². The summed E-state index contributed by atoms with van der Waals surface area (Å²) in [5.74, 6) is -1.04. The van der Waals surface area contributed by atoms with E-state index in [1.807, 2.05) is 32.0 Å². The van der Waals surface area contributed by atoms with Gasteiger partial charge in [-0.2, -0.15) is 5.01 Å². The molecule has 3 rings (SSSR count). The van der Waals surface area contributed by atoms with Gasteiger partial charge in [-0.15, -0.1) is 11.3 Å². The van der Waals surface area contributed by atoms with Crippen LogP contribution in [0.4, 0.5) is 4.79 Å². The van der Waals surface area contributed by atoms with Crippen molar-refractivity contribution in [1.82, 2.24) is 15.8 Å². The molecular weight excluding hydrogens is 350 g/mol. The summed E-state index contributed by atoms with van der Waals surface area (Å²) in [6.07, 6.45) is 3.33. The first kappa shape index (κ1) is 17.9. The molecule has 1 atom stereocenters. The molecule has 7 heteroatoms. The molecule has 0 bridgehead atoms. The molecule has 1 aliphatic heterocycles. The van der Waals surface area contributed by atoms with E-state index in [4.69, 9.17) is 0 Å². The van der Waals surface area contributed by atoms with Gasteiger partial charge in [0.05, 0.1) is 0 Å². The van der Waals surface area contributed by atoms with Crippen molar-refractivity contribution in [3.8, 4) is 0 Å². The molecule has 134 valence electrons. The number of hydrogen-bond donors (Lipinski definition) is 2. The number of aryl methyl sites for hydroxylation is 1. The predicted octanol–water partition coefficient (Wildman–Crippen LogP) is 2.96. The fourth-order valence-corrected chi connectivity index (χ4v) is 3.67. The summed E-state index contributed by atoms with van der Waals surface area (Å²) in [5.41, 5.74) is 1.88. The number of benzene rings is 1. The lowest BCUT2D eigenvalue weighted by atomic mass is 9.87. The second-order valence-corrected chi connectivity index (χ2v) is 7.27. The van der Waals surface area contributed by atoms with E-state index in [9.17, 15) is 14.4 Å². The van der Waals surface area contributed by atoms with Gasteiger partial charge in [0.15, 0.2) is 0 Å². The fourth-order valence-electron chi connectivity index (χ4n) is 2.89. The first-order valence-corrected chi connectivity index (χ1v) is 9.05. The highest BCUT2D eigenvalue weighted by Gasteiger charge is 2.52. The summed E-state index contributed by atoms with van der Waals surface area (Å²) >= 11 is 1.55. The lowest BCUT2D eigenvalue weighted by Crippen LogP contribution is -2.48. The Hall–Kier alpha value is -2.93. The van der Waals surface area contributed by atoms with Crippen molar-refractivity contribution in [2.45, 2.75) is 25.8 Å². The number of amides is 4. The summed E-state index contributed by atoms with van der Waals surface area (Å²) in [6.45, 7) is 3.79. The number of imide groups is 1. The Labute approximate surface area is 155 Å². The van der Waals surface area contributed by atoms with Crippen LogP contribution in [0.5, 0.6) is 0 Å². The number of hydrazine groups is 1. The second-order valence-electron chi connectivity index (χ2n) is 5.95. The number of carbonyl (C=O) groups excluding carboxylic acids is 3. The van der Waals surface area contributed by atoms with Crippen molar-refractivity contribution in [2.75, 3.05) is 0 Å². The number of hydrogen-bond acceptors (Lipinski definition) is 4. The minimum absolute atomic E-state index is 0.373. The van der Waals surface area contributed by atoms with E-state index < -0.39 is 23.4 Å². The van der Waals surface area contributed by atoms with Crippen LogP contribution in [0.3, 0.4) is 0 Å². The third kappa shape index (κ3) is 3.25. The van der Waals surface area contributed by atoms with Crippen LogP contribution in [0.1, 0.15) is 28.7 Å². The van der Waals surface area contributed by atoms with E-state index in [0.29, 0.717) is 12.0 Å². The predicted molar refractivity (Wildman–Crippen MR) is 100 cm³/mol. The smallest absolute Gasteiger partial charge is 0.318 e. The van der Waals surface area contributed by atoms with E-state index in [1.165, 1.54) is 6.08 Å². The zero-order valence-electron chi connectivity index (χ0n) is 14.5. The monoisotopic (exact) mass is 369 g/mol. The Bertz CT molecular complexity index is 875. The Morgan fingerprint density at radius 2 is 1.96 bits per heavy atom. The van der Waals surface area contributed by atoms with Crippen molar-refractivity contribution >= 4 is 35.3 Å². The first-order chi connectivity index (χ1) is 12.5. The van der Waals surface area contributed by atoms with Gasteiger partial charge >= 0.3 is 6.03 Å². The third-order valence-electron chi connectivity index (χ3n) is 4.27. The molecule has 1 saturated heterocycles. The van der Waals surface area contributed by atoms with Gasteiger partial charge in [0, 0.05) is 15.8 Å². The second kappa shape index (κ2) is 7.13. The van der Waals surface area contributed by atoms with Gasteiger partial charge in [0.25, 0.3) is 11.8 Å². The van der Waals surface area contributed by atoms with Crippen LogP contribution in [0.25, 0.3) is 6.08 Å². The van der Waals surface area contributed by atoms with Crippen molar-refractivity contribution < 1.29 is 14.4 Å². The number of nitrogens with zero attached hydrogens (tertiary/aromatic N) is 1. The highest BCUT2D eigenvalue weighted by atomic mass is 32.1. The summed E-state index contributed by atoms with van der Waals surface area (Å²) in [6, 6.07) is 12.2. The minimum atomic E-state index is -1.17. The van der Waals surface area contributed by atoms with Crippen LogP contribution in [0.15, 0.2) is 48.5 Å². The lowest BCUT2D eigenvalue weighted by Gasteiger charge is -2.25. The van der Waals surface area contributed by atoms with E-state index in [0.717, 1.165) is 14.8 Å². The maximum absolute atomic E-state index is 12.9. The Balaban J connectivity index is 1.76. The molecule has 4 amide bonds. The van der Waals surface area contributed by atoms with Crippen LogP contribution < -0.4 is 10.7 Å². The molecule has 2 aromatic rings. The highest BCUT2D eigenvalue weighted by molar-refractivity contribution is 7.12. The minimum Gasteiger partial charge on any atom is -0.318 e. The largest absolute Gasteiger partial charge is 0.344 e. The Kier molecular flexibility index (Phi) is 4.90. The van der Waals surface area contributed by atoms with Gasteiger partial charge in [-0.3, -0.25) is 15.0 Å². The zero-order valence-corrected chi connectivity index (χ0v) is 15.3. The van der Waals surface area contributed by atoms with E-state index in [1.54, 1.807) is 41.7 Å². The van der Waals surface area contributed by atoms with Crippen molar-refractivity contribution in [3.63, 3.8) is 0 Å². The number of rotatable bonds is 5. The summed E-state index contributed by atoms with van der Waals surface area (Å²) in [4.78, 5) is 39.4. The van der Waals surface area contributed by atoms with Gasteiger partial charge in [-0.1, -0.05) is 37.3 Å². The molecule has 26 heavy (non-hydrogen) atoms. The molecule has 1 aromatic heterocycles. The molecular formula is C19H19N3O3S. The summed E-state index contributed by atoms with van der Waals surface area (Å²) < 4.78 is 0. The third-order valence-corrected chi connectivity index (χ3v) is 5.24. The Morgan fingerprint density at radius 3 is 2.58 bits per heavy atom. The number of carbonyl (C=O) groups is 3. The average Bonchev–Trinajstić information content (AvgIpc) is 3.17. The quantitative estimate of drug-likeness (QED) is 0.628. The van der Waals surface area contributed by atoms with Crippen LogP contribution in [-0.2, 0) is 15.1 Å². The Morgan fingerprint density at radius 1 is 1.23 bits per heavy atom. The molecule has 6 nitrogen and oxygen atoms in total. The van der Waals surface area contributed by atoms with E-state index >= 15 is 0 Å². The maximum atomic E-state index is 12.9. The van der Waals surface area contributed by atoms with Gasteiger partial charge < -0.3 is 5.32 Å². The van der Waals surface area contributed by atoms with Crippen LogP contribution in [0, 0.1) is 6.92 Å². The summed E-state index contributed by atoms with van der Waals surface area (Å²) in [7, 11) is 0. The molecule has 1 aliphatic rings. The van der Waals surface area contributed by atoms with Crippen LogP contribution in [-0.4, -0.2) is 22.9 Å². The molecule has 1 aromatic carbocycles.